The molecule has 3 heterocycles. The van der Waals surface area contributed by atoms with E-state index >= 15 is 0 Å². The van der Waals surface area contributed by atoms with Crippen molar-refractivity contribution in [3.63, 3.8) is 0 Å². The molecule has 0 spiro atoms. The Morgan fingerprint density at radius 3 is 2.71 bits per heavy atom. The molecule has 0 saturated carbocycles. The smallest absolute Gasteiger partial charge is 0.407 e. The standard InChI is InChI=1S/C16H22IN5O2/c1-16(2,3)24-15(23)20-11-4-6-21(7-5-11)12-8-18-14-13(17)9-19-22(14)10-12/h8-11H,4-7H2,1-3H3,(H,20,23). The number of amides is 1. The summed E-state index contributed by atoms with van der Waals surface area (Å²) in [6.07, 6.45) is 7.13. The third kappa shape index (κ3) is 4.08. The van der Waals surface area contributed by atoms with Crippen LogP contribution in [0.1, 0.15) is 33.6 Å². The largest absolute Gasteiger partial charge is 0.444 e. The van der Waals surface area contributed by atoms with Gasteiger partial charge in [0, 0.05) is 19.1 Å². The SMILES string of the molecule is CC(C)(C)OC(=O)NC1CCN(c2cnc3c(I)cnn3c2)CC1. The Kier molecular flexibility index (Phi) is 4.84. The number of nitrogens with zero attached hydrogens (tertiary/aromatic N) is 4. The predicted molar refractivity (Wildman–Crippen MR) is 100 cm³/mol. The lowest BCUT2D eigenvalue weighted by Gasteiger charge is -2.34. The quantitative estimate of drug-likeness (QED) is 0.723. The van der Waals surface area contributed by atoms with Crippen LogP contribution in [0.25, 0.3) is 5.65 Å². The maximum atomic E-state index is 11.9. The van der Waals surface area contributed by atoms with Crippen LogP contribution < -0.4 is 10.2 Å². The van der Waals surface area contributed by atoms with Crippen molar-refractivity contribution in [1.29, 1.82) is 0 Å². The van der Waals surface area contributed by atoms with Crippen LogP contribution in [0.5, 0.6) is 0 Å². The maximum Gasteiger partial charge on any atom is 0.407 e. The average Bonchev–Trinajstić information content (AvgIpc) is 2.87. The predicted octanol–water partition coefficient (Wildman–Crippen LogP) is 2.83. The molecule has 0 bridgehead atoms. The van der Waals surface area contributed by atoms with E-state index in [4.69, 9.17) is 4.74 Å². The summed E-state index contributed by atoms with van der Waals surface area (Å²) in [5, 5.41) is 7.27. The molecule has 24 heavy (non-hydrogen) atoms. The van der Waals surface area contributed by atoms with Crippen LogP contribution in [-0.4, -0.2) is 45.4 Å². The van der Waals surface area contributed by atoms with Crippen LogP contribution in [0.4, 0.5) is 10.5 Å². The van der Waals surface area contributed by atoms with Gasteiger partial charge in [0.15, 0.2) is 5.65 Å². The molecule has 2 aromatic rings. The molecular weight excluding hydrogens is 421 g/mol. The third-order valence-electron chi connectivity index (χ3n) is 3.88. The van der Waals surface area contributed by atoms with Gasteiger partial charge in [0.25, 0.3) is 0 Å². The van der Waals surface area contributed by atoms with Crippen LogP contribution in [-0.2, 0) is 4.74 Å². The van der Waals surface area contributed by atoms with E-state index in [0.29, 0.717) is 0 Å². The van der Waals surface area contributed by atoms with E-state index < -0.39 is 5.60 Å². The van der Waals surface area contributed by atoms with Gasteiger partial charge in [-0.2, -0.15) is 5.10 Å². The molecular formula is C16H22IN5O2. The van der Waals surface area contributed by atoms with Crippen LogP contribution in [0, 0.1) is 3.57 Å². The molecule has 0 aliphatic carbocycles. The van der Waals surface area contributed by atoms with Crippen LogP contribution in [0.2, 0.25) is 0 Å². The molecule has 0 radical (unpaired) electrons. The van der Waals surface area contributed by atoms with Gasteiger partial charge in [-0.3, -0.25) is 0 Å². The van der Waals surface area contributed by atoms with Crippen molar-refractivity contribution < 1.29 is 9.53 Å². The number of carbonyl (C=O) groups is 1. The molecule has 1 aliphatic heterocycles. The summed E-state index contributed by atoms with van der Waals surface area (Å²) in [5.74, 6) is 0. The molecule has 1 fully saturated rings. The average molecular weight is 443 g/mol. The van der Waals surface area contributed by atoms with Crippen LogP contribution in [0.15, 0.2) is 18.6 Å². The summed E-state index contributed by atoms with van der Waals surface area (Å²) in [4.78, 5) is 18.6. The summed E-state index contributed by atoms with van der Waals surface area (Å²) < 4.78 is 8.17. The first-order valence-corrected chi connectivity index (χ1v) is 9.13. The molecule has 3 rings (SSSR count). The number of hydrogen-bond acceptors (Lipinski definition) is 5. The molecule has 1 aliphatic rings. The van der Waals surface area contributed by atoms with Gasteiger partial charge < -0.3 is 15.0 Å². The van der Waals surface area contributed by atoms with Crippen molar-refractivity contribution >= 4 is 40.0 Å². The molecule has 130 valence electrons. The molecule has 8 heteroatoms. The molecule has 2 aromatic heterocycles. The highest BCUT2D eigenvalue weighted by Gasteiger charge is 2.24. The van der Waals surface area contributed by atoms with Crippen molar-refractivity contribution in [2.45, 2.75) is 45.3 Å². The number of ether oxygens (including phenoxy) is 1. The van der Waals surface area contributed by atoms with Gasteiger partial charge in [-0.15, -0.1) is 0 Å². The van der Waals surface area contributed by atoms with Gasteiger partial charge in [0.1, 0.15) is 5.60 Å². The van der Waals surface area contributed by atoms with E-state index in [2.05, 4.69) is 42.9 Å². The number of alkyl carbamates (subject to hydrolysis) is 1. The van der Waals surface area contributed by atoms with Gasteiger partial charge in [-0.25, -0.2) is 14.3 Å². The number of rotatable bonds is 2. The second-order valence-electron chi connectivity index (χ2n) is 6.98. The number of aromatic nitrogens is 3. The summed E-state index contributed by atoms with van der Waals surface area (Å²) in [5.41, 5.74) is 1.46. The van der Waals surface area contributed by atoms with E-state index in [1.807, 2.05) is 43.9 Å². The molecule has 7 nitrogen and oxygen atoms in total. The Labute approximate surface area is 154 Å². The number of piperidine rings is 1. The van der Waals surface area contributed by atoms with Gasteiger partial charge in [-0.1, -0.05) is 0 Å². The topological polar surface area (TPSA) is 71.8 Å². The van der Waals surface area contributed by atoms with E-state index in [0.717, 1.165) is 40.8 Å². The first kappa shape index (κ1) is 17.2. The fourth-order valence-corrected chi connectivity index (χ4v) is 3.27. The fraction of sp³-hybridized carbons (Fsp3) is 0.562. The minimum Gasteiger partial charge on any atom is -0.444 e. The maximum absolute atomic E-state index is 11.9. The van der Waals surface area contributed by atoms with Gasteiger partial charge in [0.2, 0.25) is 0 Å². The Morgan fingerprint density at radius 2 is 2.04 bits per heavy atom. The number of carbonyl (C=O) groups excluding carboxylic acids is 1. The minimum atomic E-state index is -0.465. The van der Waals surface area contributed by atoms with Crippen molar-refractivity contribution in [2.24, 2.45) is 0 Å². The Bertz CT molecular complexity index is 732. The van der Waals surface area contributed by atoms with Crippen molar-refractivity contribution in [3.05, 3.63) is 22.2 Å². The number of nitrogens with one attached hydrogen (secondary N) is 1. The van der Waals surface area contributed by atoms with E-state index in [9.17, 15) is 4.79 Å². The molecule has 1 amide bonds. The van der Waals surface area contributed by atoms with Crippen LogP contribution >= 0.6 is 22.6 Å². The summed E-state index contributed by atoms with van der Waals surface area (Å²) in [6.45, 7) is 7.34. The highest BCUT2D eigenvalue weighted by molar-refractivity contribution is 14.1. The third-order valence-corrected chi connectivity index (χ3v) is 4.64. The number of hydrogen-bond donors (Lipinski definition) is 1. The zero-order valence-corrected chi connectivity index (χ0v) is 16.3. The lowest BCUT2D eigenvalue weighted by molar-refractivity contribution is 0.0497. The van der Waals surface area contributed by atoms with E-state index in [1.165, 1.54) is 0 Å². The van der Waals surface area contributed by atoms with E-state index in [1.54, 1.807) is 0 Å². The molecule has 1 saturated heterocycles. The van der Waals surface area contributed by atoms with Gasteiger partial charge in [0.05, 0.1) is 27.8 Å². The number of halogens is 1. The van der Waals surface area contributed by atoms with Gasteiger partial charge >= 0.3 is 6.09 Å². The minimum absolute atomic E-state index is 0.151. The van der Waals surface area contributed by atoms with Crippen molar-refractivity contribution in [3.8, 4) is 0 Å². The number of anilines is 1. The normalized spacial score (nSPS) is 16.4. The van der Waals surface area contributed by atoms with Gasteiger partial charge in [-0.05, 0) is 56.2 Å². The first-order chi connectivity index (χ1) is 11.3. The highest BCUT2D eigenvalue weighted by Crippen LogP contribution is 2.21. The fourth-order valence-electron chi connectivity index (χ4n) is 2.76. The molecule has 0 unspecified atom stereocenters. The monoisotopic (exact) mass is 443 g/mol. The summed E-state index contributed by atoms with van der Waals surface area (Å²) in [6, 6.07) is 0.151. The highest BCUT2D eigenvalue weighted by atomic mass is 127. The second-order valence-corrected chi connectivity index (χ2v) is 8.14. The summed E-state index contributed by atoms with van der Waals surface area (Å²) in [7, 11) is 0. The first-order valence-electron chi connectivity index (χ1n) is 8.05. The van der Waals surface area contributed by atoms with E-state index in [-0.39, 0.29) is 12.1 Å². The lowest BCUT2D eigenvalue weighted by Crippen LogP contribution is -2.46. The Morgan fingerprint density at radius 1 is 1.33 bits per heavy atom. The zero-order chi connectivity index (χ0) is 17.3. The molecule has 0 atom stereocenters. The summed E-state index contributed by atoms with van der Waals surface area (Å²) >= 11 is 2.23. The molecule has 1 N–H and O–H groups in total. The molecule has 0 aromatic carbocycles. The van der Waals surface area contributed by atoms with Crippen molar-refractivity contribution in [1.82, 2.24) is 19.9 Å². The van der Waals surface area contributed by atoms with Crippen LogP contribution in [0.3, 0.4) is 0 Å². The Balaban J connectivity index is 1.57. The van der Waals surface area contributed by atoms with Crippen molar-refractivity contribution in [2.75, 3.05) is 18.0 Å². The number of fused-ring (bicyclic) bond motifs is 1. The second kappa shape index (κ2) is 6.73. The Hall–Kier alpha value is -1.58. The zero-order valence-electron chi connectivity index (χ0n) is 14.1. The lowest BCUT2D eigenvalue weighted by atomic mass is 10.1.